The molecular formula is C13H23N3O. The molecule has 0 aromatic heterocycles. The third-order valence-corrected chi connectivity index (χ3v) is 3.27. The summed E-state index contributed by atoms with van der Waals surface area (Å²) < 4.78 is 0. The molecule has 0 bridgehead atoms. The number of hydrogen-bond donors (Lipinski definition) is 2. The molecule has 1 aliphatic heterocycles. The Labute approximate surface area is 104 Å². The molecule has 0 atom stereocenters. The van der Waals surface area contributed by atoms with Crippen molar-refractivity contribution in [3.05, 3.63) is 0 Å². The third-order valence-electron chi connectivity index (χ3n) is 3.27. The Bertz CT molecular complexity index is 288. The van der Waals surface area contributed by atoms with E-state index in [1.54, 1.807) is 0 Å². The zero-order valence-corrected chi connectivity index (χ0v) is 10.9. The molecule has 1 fully saturated rings. The van der Waals surface area contributed by atoms with Crippen LogP contribution in [-0.2, 0) is 4.79 Å². The summed E-state index contributed by atoms with van der Waals surface area (Å²) in [6.07, 6.45) is 3.92. The van der Waals surface area contributed by atoms with Gasteiger partial charge in [0.1, 0.15) is 0 Å². The molecule has 1 saturated heterocycles. The van der Waals surface area contributed by atoms with Gasteiger partial charge < -0.3 is 10.6 Å². The molecule has 2 N–H and O–H groups in total. The molecule has 1 amide bonds. The second-order valence-electron chi connectivity index (χ2n) is 5.50. The number of piperidine rings is 1. The van der Waals surface area contributed by atoms with E-state index in [0.29, 0.717) is 18.9 Å². The van der Waals surface area contributed by atoms with Gasteiger partial charge >= 0.3 is 0 Å². The highest BCUT2D eigenvalue weighted by Gasteiger charge is 2.18. The van der Waals surface area contributed by atoms with Crippen LogP contribution in [0, 0.1) is 22.7 Å². The number of amides is 1. The number of carbonyl (C=O) groups is 1. The molecule has 1 rings (SSSR count). The summed E-state index contributed by atoms with van der Waals surface area (Å²) >= 11 is 0. The minimum Gasteiger partial charge on any atom is -0.355 e. The maximum atomic E-state index is 11.6. The Morgan fingerprint density at radius 3 is 2.71 bits per heavy atom. The summed E-state index contributed by atoms with van der Waals surface area (Å²) in [5.41, 5.74) is -0.468. The summed E-state index contributed by atoms with van der Waals surface area (Å²) in [6, 6.07) is 2.18. The van der Waals surface area contributed by atoms with Gasteiger partial charge in [0.15, 0.2) is 0 Å². The number of hydrogen-bond acceptors (Lipinski definition) is 3. The van der Waals surface area contributed by atoms with Crippen LogP contribution in [0.5, 0.6) is 0 Å². The molecule has 0 aromatic carbocycles. The number of nitriles is 1. The maximum absolute atomic E-state index is 11.6. The molecule has 0 aliphatic carbocycles. The first kappa shape index (κ1) is 14.0. The van der Waals surface area contributed by atoms with E-state index < -0.39 is 5.41 Å². The van der Waals surface area contributed by atoms with E-state index in [1.165, 1.54) is 12.8 Å². The fraction of sp³-hybridized carbons (Fsp3) is 0.846. The van der Waals surface area contributed by atoms with Crippen LogP contribution in [0.25, 0.3) is 0 Å². The van der Waals surface area contributed by atoms with Crippen molar-refractivity contribution in [3.8, 4) is 6.07 Å². The van der Waals surface area contributed by atoms with Gasteiger partial charge in [-0.25, -0.2) is 0 Å². The largest absolute Gasteiger partial charge is 0.355 e. The zero-order valence-electron chi connectivity index (χ0n) is 10.9. The van der Waals surface area contributed by atoms with Gasteiger partial charge in [-0.05, 0) is 52.1 Å². The van der Waals surface area contributed by atoms with Crippen LogP contribution < -0.4 is 10.6 Å². The lowest BCUT2D eigenvalue weighted by Crippen LogP contribution is -2.34. The van der Waals surface area contributed by atoms with E-state index >= 15 is 0 Å². The van der Waals surface area contributed by atoms with Gasteiger partial charge in [-0.1, -0.05) is 0 Å². The summed E-state index contributed by atoms with van der Waals surface area (Å²) in [5, 5.41) is 15.0. The first-order valence-electron chi connectivity index (χ1n) is 6.42. The minimum absolute atomic E-state index is 0.0758. The monoisotopic (exact) mass is 237 g/mol. The van der Waals surface area contributed by atoms with E-state index in [2.05, 4.69) is 16.7 Å². The second kappa shape index (κ2) is 6.61. The molecule has 0 unspecified atom stereocenters. The average molecular weight is 237 g/mol. The minimum atomic E-state index is -0.468. The molecule has 1 aliphatic rings. The fourth-order valence-electron chi connectivity index (χ4n) is 1.95. The highest BCUT2D eigenvalue weighted by Crippen LogP contribution is 2.17. The van der Waals surface area contributed by atoms with Crippen LogP contribution >= 0.6 is 0 Å². The van der Waals surface area contributed by atoms with Gasteiger partial charge in [-0.3, -0.25) is 4.79 Å². The lowest BCUT2D eigenvalue weighted by atomic mass is 9.92. The number of rotatable bonds is 5. The van der Waals surface area contributed by atoms with Crippen LogP contribution in [0.2, 0.25) is 0 Å². The van der Waals surface area contributed by atoms with E-state index in [9.17, 15) is 4.79 Å². The first-order chi connectivity index (χ1) is 8.03. The summed E-state index contributed by atoms with van der Waals surface area (Å²) in [7, 11) is 0. The number of carbonyl (C=O) groups excluding carboxylic acids is 1. The van der Waals surface area contributed by atoms with Crippen LogP contribution in [0.15, 0.2) is 0 Å². The topological polar surface area (TPSA) is 64.9 Å². The van der Waals surface area contributed by atoms with Gasteiger partial charge in [-0.15, -0.1) is 0 Å². The SMILES string of the molecule is CC(C)(C#N)CNC(=O)CCC1CCNCC1. The molecule has 17 heavy (non-hydrogen) atoms. The van der Waals surface area contributed by atoms with Crippen molar-refractivity contribution in [2.45, 2.75) is 39.5 Å². The molecule has 0 spiro atoms. The summed E-state index contributed by atoms with van der Waals surface area (Å²) in [5.74, 6) is 0.762. The number of nitrogens with one attached hydrogen (secondary N) is 2. The maximum Gasteiger partial charge on any atom is 0.220 e. The third kappa shape index (κ3) is 5.69. The van der Waals surface area contributed by atoms with Crippen LogP contribution in [0.3, 0.4) is 0 Å². The van der Waals surface area contributed by atoms with Crippen molar-refractivity contribution in [1.82, 2.24) is 10.6 Å². The van der Waals surface area contributed by atoms with E-state index in [4.69, 9.17) is 5.26 Å². The van der Waals surface area contributed by atoms with Crippen LogP contribution in [0.1, 0.15) is 39.5 Å². The van der Waals surface area contributed by atoms with Crippen molar-refractivity contribution in [1.29, 1.82) is 5.26 Å². The highest BCUT2D eigenvalue weighted by molar-refractivity contribution is 5.75. The van der Waals surface area contributed by atoms with Crippen molar-refractivity contribution in [2.24, 2.45) is 11.3 Å². The van der Waals surface area contributed by atoms with Crippen molar-refractivity contribution in [3.63, 3.8) is 0 Å². The Balaban J connectivity index is 2.15. The smallest absolute Gasteiger partial charge is 0.220 e. The van der Waals surface area contributed by atoms with Gasteiger partial charge in [0.2, 0.25) is 5.91 Å². The second-order valence-corrected chi connectivity index (χ2v) is 5.50. The number of nitrogens with zero attached hydrogens (tertiary/aromatic N) is 1. The van der Waals surface area contributed by atoms with Crippen molar-refractivity contribution < 1.29 is 4.79 Å². The predicted molar refractivity (Wildman–Crippen MR) is 67.2 cm³/mol. The van der Waals surface area contributed by atoms with E-state index in [-0.39, 0.29) is 5.91 Å². The molecule has 4 nitrogen and oxygen atoms in total. The summed E-state index contributed by atoms with van der Waals surface area (Å²) in [6.45, 7) is 6.26. The summed E-state index contributed by atoms with van der Waals surface area (Å²) in [4.78, 5) is 11.6. The Hall–Kier alpha value is -1.08. The predicted octanol–water partition coefficient (Wildman–Crippen LogP) is 1.43. The standard InChI is InChI=1S/C13H23N3O/c1-13(2,9-14)10-16-12(17)4-3-11-5-7-15-8-6-11/h11,15H,3-8,10H2,1-2H3,(H,16,17). The van der Waals surface area contributed by atoms with E-state index in [1.807, 2.05) is 13.8 Å². The molecule has 96 valence electrons. The van der Waals surface area contributed by atoms with Crippen LogP contribution in [0.4, 0.5) is 0 Å². The lowest BCUT2D eigenvalue weighted by Gasteiger charge is -2.22. The highest BCUT2D eigenvalue weighted by atomic mass is 16.1. The van der Waals surface area contributed by atoms with Gasteiger partial charge in [-0.2, -0.15) is 5.26 Å². The Kier molecular flexibility index (Phi) is 5.43. The average Bonchev–Trinajstić information content (AvgIpc) is 2.35. The fourth-order valence-corrected chi connectivity index (χ4v) is 1.95. The lowest BCUT2D eigenvalue weighted by molar-refractivity contribution is -0.121. The van der Waals surface area contributed by atoms with E-state index in [0.717, 1.165) is 19.5 Å². The van der Waals surface area contributed by atoms with Gasteiger partial charge in [0, 0.05) is 13.0 Å². The van der Waals surface area contributed by atoms with Crippen molar-refractivity contribution >= 4 is 5.91 Å². The quantitative estimate of drug-likeness (QED) is 0.760. The Morgan fingerprint density at radius 1 is 1.47 bits per heavy atom. The first-order valence-corrected chi connectivity index (χ1v) is 6.42. The Morgan fingerprint density at radius 2 is 2.12 bits per heavy atom. The molecule has 0 saturated carbocycles. The molecule has 0 radical (unpaired) electrons. The van der Waals surface area contributed by atoms with Gasteiger partial charge in [0.25, 0.3) is 0 Å². The van der Waals surface area contributed by atoms with Crippen molar-refractivity contribution in [2.75, 3.05) is 19.6 Å². The molecule has 4 heteroatoms. The molecular weight excluding hydrogens is 214 g/mol. The van der Waals surface area contributed by atoms with Gasteiger partial charge in [0.05, 0.1) is 11.5 Å². The van der Waals surface area contributed by atoms with Crippen LogP contribution in [-0.4, -0.2) is 25.5 Å². The zero-order chi connectivity index (χ0) is 12.7. The normalized spacial score (nSPS) is 17.5. The molecule has 0 aromatic rings. The molecule has 1 heterocycles.